The van der Waals surface area contributed by atoms with Gasteiger partial charge in [0.2, 0.25) is 0 Å². The molecule has 0 saturated carbocycles. The summed E-state index contributed by atoms with van der Waals surface area (Å²) in [7, 11) is 0. The lowest BCUT2D eigenvalue weighted by Gasteiger charge is -2.24. The topological polar surface area (TPSA) is 29.9 Å². The van der Waals surface area contributed by atoms with Crippen LogP contribution >= 0.6 is 15.9 Å². The summed E-state index contributed by atoms with van der Waals surface area (Å²) in [5.41, 5.74) is 3.76. The minimum atomic E-state index is 0.570. The average Bonchev–Trinajstić information content (AvgIpc) is 2.92. The lowest BCUT2D eigenvalue weighted by atomic mass is 9.96. The monoisotopic (exact) mass is 319 g/mol. The zero-order valence-electron chi connectivity index (χ0n) is 11.1. The summed E-state index contributed by atoms with van der Waals surface area (Å²) in [6.45, 7) is 4.32. The van der Waals surface area contributed by atoms with Crippen molar-refractivity contribution in [3.8, 4) is 5.69 Å². The second-order valence-corrected chi connectivity index (χ2v) is 6.02. The van der Waals surface area contributed by atoms with E-state index in [4.69, 9.17) is 0 Å². The molecule has 0 bridgehead atoms. The lowest BCUT2D eigenvalue weighted by Crippen LogP contribution is -2.29. The van der Waals surface area contributed by atoms with E-state index >= 15 is 0 Å². The normalized spacial score (nSPS) is 19.6. The first-order valence-corrected chi connectivity index (χ1v) is 7.54. The van der Waals surface area contributed by atoms with Crippen LogP contribution in [-0.4, -0.2) is 22.6 Å². The van der Waals surface area contributed by atoms with Crippen LogP contribution in [0, 0.1) is 6.92 Å². The van der Waals surface area contributed by atoms with Crippen LogP contribution in [0.4, 0.5) is 0 Å². The first-order chi connectivity index (χ1) is 9.25. The van der Waals surface area contributed by atoms with Gasteiger partial charge in [0.15, 0.2) is 0 Å². The van der Waals surface area contributed by atoms with Crippen molar-refractivity contribution < 1.29 is 0 Å². The predicted octanol–water partition coefficient (Wildman–Crippen LogP) is 3.41. The molecule has 2 heterocycles. The molecule has 3 nitrogen and oxygen atoms in total. The molecule has 1 aromatic carbocycles. The third-order valence-electron chi connectivity index (χ3n) is 3.80. The van der Waals surface area contributed by atoms with Gasteiger partial charge in [-0.2, -0.15) is 0 Å². The van der Waals surface area contributed by atoms with E-state index in [9.17, 15) is 0 Å². The fraction of sp³-hybridized carbons (Fsp3) is 0.400. The molecule has 1 unspecified atom stereocenters. The molecule has 1 aromatic heterocycles. The minimum Gasteiger partial charge on any atom is -0.316 e. The van der Waals surface area contributed by atoms with Crippen molar-refractivity contribution in [1.29, 1.82) is 0 Å². The second kappa shape index (κ2) is 5.47. The Balaban J connectivity index is 1.96. The number of piperidine rings is 1. The summed E-state index contributed by atoms with van der Waals surface area (Å²) in [5, 5.41) is 3.47. The number of nitrogens with zero attached hydrogens (tertiary/aromatic N) is 2. The largest absolute Gasteiger partial charge is 0.316 e. The van der Waals surface area contributed by atoms with E-state index in [1.165, 1.54) is 29.8 Å². The van der Waals surface area contributed by atoms with Crippen molar-refractivity contribution >= 4 is 15.9 Å². The Morgan fingerprint density at radius 2 is 2.32 bits per heavy atom. The highest BCUT2D eigenvalue weighted by atomic mass is 79.9. The van der Waals surface area contributed by atoms with Crippen molar-refractivity contribution in [2.75, 3.05) is 13.1 Å². The van der Waals surface area contributed by atoms with Gasteiger partial charge in [-0.25, -0.2) is 4.98 Å². The van der Waals surface area contributed by atoms with Crippen molar-refractivity contribution in [3.05, 3.63) is 46.5 Å². The molecular weight excluding hydrogens is 302 g/mol. The van der Waals surface area contributed by atoms with Gasteiger partial charge in [-0.15, -0.1) is 0 Å². The van der Waals surface area contributed by atoms with E-state index in [1.807, 2.05) is 12.5 Å². The summed E-state index contributed by atoms with van der Waals surface area (Å²) < 4.78 is 3.37. The fourth-order valence-electron chi connectivity index (χ4n) is 2.71. The summed E-state index contributed by atoms with van der Waals surface area (Å²) in [5.74, 6) is 0.570. The Morgan fingerprint density at radius 1 is 1.42 bits per heavy atom. The van der Waals surface area contributed by atoms with Gasteiger partial charge in [-0.05, 0) is 50.1 Å². The number of hydrogen-bond donors (Lipinski definition) is 1. The van der Waals surface area contributed by atoms with Crippen molar-refractivity contribution in [2.45, 2.75) is 25.7 Å². The van der Waals surface area contributed by atoms with Gasteiger partial charge in [-0.3, -0.25) is 0 Å². The Morgan fingerprint density at radius 3 is 3.05 bits per heavy atom. The number of halogens is 1. The second-order valence-electron chi connectivity index (χ2n) is 5.17. The fourth-order valence-corrected chi connectivity index (χ4v) is 2.95. The third kappa shape index (κ3) is 2.60. The van der Waals surface area contributed by atoms with Gasteiger partial charge >= 0.3 is 0 Å². The van der Waals surface area contributed by atoms with Crippen molar-refractivity contribution in [1.82, 2.24) is 14.9 Å². The van der Waals surface area contributed by atoms with Crippen LogP contribution in [0.2, 0.25) is 0 Å². The SMILES string of the molecule is Cc1cc(-n2cncc2C2CCCNC2)ccc1Br. The molecule has 1 aliphatic rings. The highest BCUT2D eigenvalue weighted by Gasteiger charge is 2.19. The lowest BCUT2D eigenvalue weighted by molar-refractivity contribution is 0.451. The van der Waals surface area contributed by atoms with Crippen LogP contribution in [0.15, 0.2) is 35.2 Å². The van der Waals surface area contributed by atoms with Crippen LogP contribution < -0.4 is 5.32 Å². The molecule has 0 radical (unpaired) electrons. The van der Waals surface area contributed by atoms with Gasteiger partial charge in [0.05, 0.1) is 6.33 Å². The van der Waals surface area contributed by atoms with Crippen LogP contribution in [0.25, 0.3) is 5.69 Å². The molecule has 0 aliphatic carbocycles. The van der Waals surface area contributed by atoms with E-state index in [-0.39, 0.29) is 0 Å². The molecule has 0 amide bonds. The summed E-state index contributed by atoms with van der Waals surface area (Å²) in [6, 6.07) is 6.44. The van der Waals surface area contributed by atoms with Gasteiger partial charge in [-0.1, -0.05) is 15.9 Å². The average molecular weight is 320 g/mol. The van der Waals surface area contributed by atoms with E-state index in [2.05, 4.69) is 55.9 Å². The van der Waals surface area contributed by atoms with Crippen molar-refractivity contribution in [2.24, 2.45) is 0 Å². The number of aryl methyl sites for hydroxylation is 1. The molecule has 1 aliphatic heterocycles. The third-order valence-corrected chi connectivity index (χ3v) is 4.69. The Hall–Kier alpha value is -1.13. The molecule has 0 spiro atoms. The maximum absolute atomic E-state index is 4.35. The molecule has 4 heteroatoms. The molecule has 100 valence electrons. The first kappa shape index (κ1) is 12.9. The van der Waals surface area contributed by atoms with E-state index in [1.54, 1.807) is 0 Å². The van der Waals surface area contributed by atoms with Crippen LogP contribution in [0.5, 0.6) is 0 Å². The Kier molecular flexibility index (Phi) is 3.71. The van der Waals surface area contributed by atoms with E-state index in [0.29, 0.717) is 5.92 Å². The van der Waals surface area contributed by atoms with Gasteiger partial charge in [0, 0.05) is 34.5 Å². The summed E-state index contributed by atoms with van der Waals surface area (Å²) in [4.78, 5) is 4.35. The Bertz CT molecular complexity index is 571. The zero-order valence-corrected chi connectivity index (χ0v) is 12.7. The number of imidazole rings is 1. The summed E-state index contributed by atoms with van der Waals surface area (Å²) in [6.07, 6.45) is 6.42. The maximum Gasteiger partial charge on any atom is 0.0994 e. The molecule has 1 saturated heterocycles. The molecule has 3 rings (SSSR count). The van der Waals surface area contributed by atoms with Crippen LogP contribution in [0.1, 0.15) is 30.0 Å². The number of rotatable bonds is 2. The molecule has 1 fully saturated rings. The Labute approximate surface area is 122 Å². The zero-order chi connectivity index (χ0) is 13.2. The standard InChI is InChI=1S/C15H18BrN3/c1-11-7-13(4-5-14(11)16)19-10-18-9-15(19)12-3-2-6-17-8-12/h4-5,7,9-10,12,17H,2-3,6,8H2,1H3. The number of nitrogens with one attached hydrogen (secondary N) is 1. The predicted molar refractivity (Wildman–Crippen MR) is 80.8 cm³/mol. The number of hydrogen-bond acceptors (Lipinski definition) is 2. The van der Waals surface area contributed by atoms with Gasteiger partial charge in [0.1, 0.15) is 0 Å². The highest BCUT2D eigenvalue weighted by Crippen LogP contribution is 2.27. The smallest absolute Gasteiger partial charge is 0.0994 e. The van der Waals surface area contributed by atoms with E-state index in [0.717, 1.165) is 17.6 Å². The molecule has 1 N–H and O–H groups in total. The van der Waals surface area contributed by atoms with Gasteiger partial charge in [0.25, 0.3) is 0 Å². The quantitative estimate of drug-likeness (QED) is 0.919. The molecular formula is C15H18BrN3. The van der Waals surface area contributed by atoms with E-state index < -0.39 is 0 Å². The molecule has 2 aromatic rings. The van der Waals surface area contributed by atoms with Crippen LogP contribution in [0.3, 0.4) is 0 Å². The van der Waals surface area contributed by atoms with Gasteiger partial charge < -0.3 is 9.88 Å². The van der Waals surface area contributed by atoms with Crippen molar-refractivity contribution in [3.63, 3.8) is 0 Å². The minimum absolute atomic E-state index is 0.570. The molecule has 1 atom stereocenters. The maximum atomic E-state index is 4.35. The van der Waals surface area contributed by atoms with Crippen LogP contribution in [-0.2, 0) is 0 Å². The molecule has 19 heavy (non-hydrogen) atoms. The number of benzene rings is 1. The number of aromatic nitrogens is 2. The first-order valence-electron chi connectivity index (χ1n) is 6.75. The summed E-state index contributed by atoms with van der Waals surface area (Å²) >= 11 is 3.55. The highest BCUT2D eigenvalue weighted by molar-refractivity contribution is 9.10.